The van der Waals surface area contributed by atoms with Crippen molar-refractivity contribution in [2.75, 3.05) is 0 Å². The van der Waals surface area contributed by atoms with E-state index in [9.17, 15) is 4.79 Å². The van der Waals surface area contributed by atoms with Crippen molar-refractivity contribution in [3.63, 3.8) is 0 Å². The van der Waals surface area contributed by atoms with Crippen LogP contribution in [0.3, 0.4) is 0 Å². The zero-order valence-electron chi connectivity index (χ0n) is 8.58. The number of hydrogen-bond donors (Lipinski definition) is 1. The summed E-state index contributed by atoms with van der Waals surface area (Å²) < 4.78 is 0. The molecule has 0 spiro atoms. The summed E-state index contributed by atoms with van der Waals surface area (Å²) in [5, 5.41) is 0. The minimum Gasteiger partial charge on any atom is -0.370 e. The van der Waals surface area contributed by atoms with Crippen LogP contribution in [-0.4, -0.2) is 15.9 Å². The van der Waals surface area contributed by atoms with Crippen molar-refractivity contribution in [3.05, 3.63) is 23.3 Å². The van der Waals surface area contributed by atoms with Crippen LogP contribution < -0.4 is 5.73 Å². The van der Waals surface area contributed by atoms with E-state index in [0.29, 0.717) is 18.7 Å². The molecule has 0 bridgehead atoms. The molecule has 0 radical (unpaired) electrons. The van der Waals surface area contributed by atoms with Crippen molar-refractivity contribution in [2.24, 2.45) is 5.73 Å². The van der Waals surface area contributed by atoms with Gasteiger partial charge in [-0.05, 0) is 19.4 Å². The van der Waals surface area contributed by atoms with Crippen molar-refractivity contribution in [3.8, 4) is 0 Å². The van der Waals surface area contributed by atoms with Gasteiger partial charge in [0, 0.05) is 24.2 Å². The van der Waals surface area contributed by atoms with Crippen molar-refractivity contribution in [1.82, 2.24) is 9.97 Å². The summed E-state index contributed by atoms with van der Waals surface area (Å²) in [5.41, 5.74) is 7.01. The van der Waals surface area contributed by atoms with Gasteiger partial charge in [-0.1, -0.05) is 6.92 Å². The van der Waals surface area contributed by atoms with E-state index >= 15 is 0 Å². The lowest BCUT2D eigenvalue weighted by atomic mass is 10.2. The summed E-state index contributed by atoms with van der Waals surface area (Å²) in [5.74, 6) is 0.397. The fourth-order valence-electron chi connectivity index (χ4n) is 1.23. The van der Waals surface area contributed by atoms with Crippen LogP contribution in [-0.2, 0) is 17.6 Å². The van der Waals surface area contributed by atoms with Crippen molar-refractivity contribution in [2.45, 2.75) is 33.1 Å². The molecule has 1 rings (SSSR count). The third kappa shape index (κ3) is 3.12. The number of hydrogen-bond acceptors (Lipinski definition) is 3. The number of amides is 1. The third-order valence-electron chi connectivity index (χ3n) is 1.91. The highest BCUT2D eigenvalue weighted by Crippen LogP contribution is 2.03. The third-order valence-corrected chi connectivity index (χ3v) is 1.91. The number of rotatable bonds is 4. The molecule has 0 saturated heterocycles. The van der Waals surface area contributed by atoms with Crippen LogP contribution in [0.2, 0.25) is 0 Å². The van der Waals surface area contributed by atoms with Crippen LogP contribution in [0.1, 0.15) is 30.6 Å². The van der Waals surface area contributed by atoms with Crippen LogP contribution >= 0.6 is 0 Å². The van der Waals surface area contributed by atoms with Crippen molar-refractivity contribution >= 4 is 5.91 Å². The molecule has 0 fully saturated rings. The van der Waals surface area contributed by atoms with Gasteiger partial charge in [0.15, 0.2) is 0 Å². The van der Waals surface area contributed by atoms with Crippen LogP contribution in [0.15, 0.2) is 6.07 Å². The number of carbonyl (C=O) groups excluding carboxylic acids is 1. The first-order valence-electron chi connectivity index (χ1n) is 4.73. The predicted octanol–water partition coefficient (Wildman–Crippen LogP) is 0.765. The Morgan fingerprint density at radius 3 is 2.79 bits per heavy atom. The van der Waals surface area contributed by atoms with Gasteiger partial charge < -0.3 is 5.73 Å². The van der Waals surface area contributed by atoms with Gasteiger partial charge in [0.1, 0.15) is 5.82 Å². The van der Waals surface area contributed by atoms with Gasteiger partial charge in [0.25, 0.3) is 0 Å². The zero-order valence-corrected chi connectivity index (χ0v) is 8.58. The summed E-state index contributed by atoms with van der Waals surface area (Å²) in [6.45, 7) is 3.97. The minimum absolute atomic E-state index is 0.312. The number of nitrogens with two attached hydrogens (primary N) is 1. The lowest BCUT2D eigenvalue weighted by molar-refractivity contribution is -0.118. The molecule has 76 valence electrons. The van der Waals surface area contributed by atoms with Crippen LogP contribution in [0.25, 0.3) is 0 Å². The van der Waals surface area contributed by atoms with Gasteiger partial charge >= 0.3 is 0 Å². The largest absolute Gasteiger partial charge is 0.370 e. The maximum atomic E-state index is 10.6. The zero-order chi connectivity index (χ0) is 10.6. The normalized spacial score (nSPS) is 10.1. The van der Waals surface area contributed by atoms with Gasteiger partial charge in [-0.15, -0.1) is 0 Å². The maximum absolute atomic E-state index is 10.6. The molecule has 0 aromatic carbocycles. The Hall–Kier alpha value is -1.45. The summed E-state index contributed by atoms with van der Waals surface area (Å²) in [7, 11) is 0. The summed E-state index contributed by atoms with van der Waals surface area (Å²) in [4.78, 5) is 19.1. The predicted molar refractivity (Wildman–Crippen MR) is 53.7 cm³/mol. The van der Waals surface area contributed by atoms with E-state index in [1.165, 1.54) is 0 Å². The van der Waals surface area contributed by atoms with Crippen LogP contribution in [0.5, 0.6) is 0 Å². The van der Waals surface area contributed by atoms with E-state index in [1.54, 1.807) is 0 Å². The molecule has 4 nitrogen and oxygen atoms in total. The average molecular weight is 193 g/mol. The molecular formula is C10H15N3O. The summed E-state index contributed by atoms with van der Waals surface area (Å²) >= 11 is 0. The topological polar surface area (TPSA) is 68.9 Å². The maximum Gasteiger partial charge on any atom is 0.217 e. The first-order valence-corrected chi connectivity index (χ1v) is 4.73. The molecule has 4 heteroatoms. The second kappa shape index (κ2) is 4.69. The van der Waals surface area contributed by atoms with Gasteiger partial charge in [0.2, 0.25) is 5.91 Å². The number of primary amides is 1. The monoisotopic (exact) mass is 193 g/mol. The van der Waals surface area contributed by atoms with Gasteiger partial charge in [-0.25, -0.2) is 9.97 Å². The summed E-state index contributed by atoms with van der Waals surface area (Å²) in [6, 6.07) is 1.95. The van der Waals surface area contributed by atoms with E-state index in [-0.39, 0.29) is 5.91 Å². The first-order chi connectivity index (χ1) is 6.61. The molecule has 0 atom stereocenters. The Balaban J connectivity index is 2.76. The Morgan fingerprint density at radius 2 is 2.21 bits per heavy atom. The lowest BCUT2D eigenvalue weighted by Crippen LogP contribution is -2.12. The van der Waals surface area contributed by atoms with Crippen molar-refractivity contribution in [1.29, 1.82) is 0 Å². The fraction of sp³-hybridized carbons (Fsp3) is 0.500. The molecule has 0 aliphatic rings. The van der Waals surface area contributed by atoms with Gasteiger partial charge in [-0.2, -0.15) is 0 Å². The Kier molecular flexibility index (Phi) is 3.56. The second-order valence-corrected chi connectivity index (χ2v) is 3.24. The summed E-state index contributed by atoms with van der Waals surface area (Å²) in [6.07, 6.45) is 1.73. The Morgan fingerprint density at radius 1 is 1.50 bits per heavy atom. The molecule has 0 aliphatic carbocycles. The highest BCUT2D eigenvalue weighted by Gasteiger charge is 2.02. The smallest absolute Gasteiger partial charge is 0.217 e. The van der Waals surface area contributed by atoms with Crippen molar-refractivity contribution < 1.29 is 4.79 Å². The van der Waals surface area contributed by atoms with Crippen LogP contribution in [0, 0.1) is 6.92 Å². The molecule has 1 aromatic heterocycles. The molecule has 0 saturated carbocycles. The van der Waals surface area contributed by atoms with Crippen LogP contribution in [0.4, 0.5) is 0 Å². The van der Waals surface area contributed by atoms with Gasteiger partial charge in [-0.3, -0.25) is 4.79 Å². The number of aromatic nitrogens is 2. The van der Waals surface area contributed by atoms with E-state index in [0.717, 1.165) is 17.8 Å². The molecule has 1 amide bonds. The molecule has 1 heterocycles. The standard InChI is InChI=1S/C10H15N3O/c1-3-8-6-7(2)12-10(13-8)5-4-9(11)14/h6H,3-5H2,1-2H3,(H2,11,14). The average Bonchev–Trinajstić information content (AvgIpc) is 2.14. The van der Waals surface area contributed by atoms with E-state index < -0.39 is 0 Å². The Bertz CT molecular complexity index is 336. The second-order valence-electron chi connectivity index (χ2n) is 3.24. The number of nitrogens with zero attached hydrogens (tertiary/aromatic N) is 2. The number of aryl methyl sites for hydroxylation is 3. The molecule has 1 aromatic rings. The van der Waals surface area contributed by atoms with E-state index in [4.69, 9.17) is 5.73 Å². The molecule has 2 N–H and O–H groups in total. The lowest BCUT2D eigenvalue weighted by Gasteiger charge is -2.02. The quantitative estimate of drug-likeness (QED) is 0.767. The minimum atomic E-state index is -0.312. The van der Waals surface area contributed by atoms with E-state index in [2.05, 4.69) is 9.97 Å². The molecule has 0 aliphatic heterocycles. The Labute approximate surface area is 83.6 Å². The molecule has 0 unspecified atom stereocenters. The highest BCUT2D eigenvalue weighted by atomic mass is 16.1. The highest BCUT2D eigenvalue weighted by molar-refractivity contribution is 5.73. The van der Waals surface area contributed by atoms with Gasteiger partial charge in [0.05, 0.1) is 0 Å². The van der Waals surface area contributed by atoms with E-state index in [1.807, 2.05) is 19.9 Å². The molecule has 14 heavy (non-hydrogen) atoms. The molecular weight excluding hydrogens is 178 g/mol. The number of carbonyl (C=O) groups is 1. The SMILES string of the molecule is CCc1cc(C)nc(CCC(N)=O)n1. The fourth-order valence-corrected chi connectivity index (χ4v) is 1.23. The first kappa shape index (κ1) is 10.6.